The molecule has 2 aromatic rings. The van der Waals surface area contributed by atoms with Gasteiger partial charge in [0.25, 0.3) is 5.91 Å². The zero-order chi connectivity index (χ0) is 35.0. The van der Waals surface area contributed by atoms with Crippen molar-refractivity contribution in [3.8, 4) is 17.6 Å². The summed E-state index contributed by atoms with van der Waals surface area (Å²) in [6.45, 7) is 1.07. The Morgan fingerprint density at radius 3 is 2.28 bits per heavy atom. The molecule has 3 aliphatic carbocycles. The molecule has 5 rings (SSSR count). The fourth-order valence-corrected chi connectivity index (χ4v) is 7.01. The summed E-state index contributed by atoms with van der Waals surface area (Å²) in [4.78, 5) is 44.9. The van der Waals surface area contributed by atoms with E-state index in [2.05, 4.69) is 19.6 Å². The van der Waals surface area contributed by atoms with Crippen LogP contribution in [0.3, 0.4) is 0 Å². The van der Waals surface area contributed by atoms with Crippen molar-refractivity contribution in [2.45, 2.75) is 31.0 Å². The quantitative estimate of drug-likeness (QED) is 0.172. The Hall–Kier alpha value is -4.77. The van der Waals surface area contributed by atoms with E-state index >= 15 is 0 Å². The predicted octanol–water partition coefficient (Wildman–Crippen LogP) is 1.01. The molecule has 0 unspecified atom stereocenters. The SMILES string of the molecule is CN(CC#Cc1cc(N(C)C)c2c(c1O)C(O)=C1C(=O)[C@]3(O)C(O)=C(C(N)=O)C(=O)[C@@H](N(C)C)[C@@H]3C[C@@H]1C2)Cc1ccccc1.[B]=O. The normalized spacial score (nSPS) is 23.3. The number of nitrogens with two attached hydrogens (primary N) is 1. The number of carbonyl (C=O) groups is 3. The molecule has 0 spiro atoms. The average molecular weight is 642 g/mol. The van der Waals surface area contributed by atoms with Gasteiger partial charge in [0.2, 0.25) is 5.78 Å². The third-order valence-electron chi connectivity index (χ3n) is 9.05. The number of hydrogen-bond donors (Lipinski definition) is 5. The Bertz CT molecular complexity index is 1740. The van der Waals surface area contributed by atoms with Crippen LogP contribution in [0.1, 0.15) is 28.7 Å². The monoisotopic (exact) mass is 641 g/mol. The fourth-order valence-electron chi connectivity index (χ4n) is 7.01. The van der Waals surface area contributed by atoms with Gasteiger partial charge in [0.1, 0.15) is 22.8 Å². The van der Waals surface area contributed by atoms with Crippen LogP contribution in [0, 0.1) is 23.7 Å². The second-order valence-electron chi connectivity index (χ2n) is 12.5. The first-order valence-electron chi connectivity index (χ1n) is 14.9. The molecular formula is C34H38BN4O8. The number of aliphatic hydroxyl groups is 3. The summed E-state index contributed by atoms with van der Waals surface area (Å²) in [5.74, 6) is -0.804. The van der Waals surface area contributed by atoms with Crippen molar-refractivity contribution in [1.29, 1.82) is 0 Å². The van der Waals surface area contributed by atoms with Crippen LogP contribution >= 0.6 is 0 Å². The number of rotatable bonds is 6. The summed E-state index contributed by atoms with van der Waals surface area (Å²) in [5, 5.41) is 46.0. The van der Waals surface area contributed by atoms with Gasteiger partial charge in [-0.15, -0.1) is 0 Å². The van der Waals surface area contributed by atoms with Crippen molar-refractivity contribution in [3.05, 3.63) is 75.6 Å². The third kappa shape index (κ3) is 5.96. The number of carbonyl (C=O) groups excluding carboxylic acids is 3. The van der Waals surface area contributed by atoms with Crippen molar-refractivity contribution in [1.82, 2.24) is 9.80 Å². The number of Topliss-reactive ketones (excluding diaryl/α,β-unsaturated/α-hetero) is 2. The van der Waals surface area contributed by atoms with Crippen molar-refractivity contribution in [3.63, 3.8) is 0 Å². The van der Waals surface area contributed by atoms with Crippen LogP contribution in [0.5, 0.6) is 5.75 Å². The Morgan fingerprint density at radius 1 is 1.06 bits per heavy atom. The first-order chi connectivity index (χ1) is 22.2. The van der Waals surface area contributed by atoms with Gasteiger partial charge in [-0.3, -0.25) is 24.2 Å². The van der Waals surface area contributed by atoms with Gasteiger partial charge >= 0.3 is 12.4 Å². The number of hydrogen-bond acceptors (Lipinski definition) is 11. The first-order valence-corrected chi connectivity index (χ1v) is 14.9. The summed E-state index contributed by atoms with van der Waals surface area (Å²) in [7, 11) is 11.9. The molecule has 245 valence electrons. The van der Waals surface area contributed by atoms with Gasteiger partial charge in [0.15, 0.2) is 11.4 Å². The van der Waals surface area contributed by atoms with Gasteiger partial charge < -0.3 is 31.1 Å². The summed E-state index contributed by atoms with van der Waals surface area (Å²) < 4.78 is 7.75. The van der Waals surface area contributed by atoms with E-state index in [1.165, 1.54) is 4.90 Å². The molecule has 0 bridgehead atoms. The number of benzene rings is 2. The molecular weight excluding hydrogens is 603 g/mol. The number of phenols is 1. The van der Waals surface area contributed by atoms with Crippen LogP contribution in [0.2, 0.25) is 0 Å². The maximum atomic E-state index is 14.1. The molecule has 0 heterocycles. The molecule has 13 heteroatoms. The first kappa shape index (κ1) is 35.1. The van der Waals surface area contributed by atoms with E-state index < -0.39 is 58.0 Å². The topological polar surface area (TPSA) is 185 Å². The third-order valence-corrected chi connectivity index (χ3v) is 9.05. The zero-order valence-corrected chi connectivity index (χ0v) is 26.9. The minimum atomic E-state index is -2.69. The molecule has 6 N–H and O–H groups in total. The van der Waals surface area contributed by atoms with Crippen molar-refractivity contribution in [2.75, 3.05) is 46.7 Å². The molecule has 0 aromatic heterocycles. The Balaban J connectivity index is 0.00000245. The van der Waals surface area contributed by atoms with E-state index in [-0.39, 0.29) is 35.3 Å². The summed E-state index contributed by atoms with van der Waals surface area (Å²) in [5.41, 5.74) is 4.31. The van der Waals surface area contributed by atoms with Gasteiger partial charge in [0.05, 0.1) is 23.7 Å². The van der Waals surface area contributed by atoms with E-state index in [0.29, 0.717) is 24.3 Å². The van der Waals surface area contributed by atoms with Gasteiger partial charge in [-0.05, 0) is 57.1 Å². The maximum absolute atomic E-state index is 14.1. The molecule has 0 saturated heterocycles. The number of primary amides is 1. The van der Waals surface area contributed by atoms with Crippen LogP contribution in [0.15, 0.2) is 53.3 Å². The van der Waals surface area contributed by atoms with Crippen molar-refractivity contribution < 1.29 is 39.5 Å². The number of aromatic hydroxyl groups is 1. The second kappa shape index (κ2) is 13.5. The molecule has 1 fully saturated rings. The van der Waals surface area contributed by atoms with Crippen LogP contribution in [0.25, 0.3) is 5.76 Å². The van der Waals surface area contributed by atoms with Crippen molar-refractivity contribution >= 4 is 36.6 Å². The number of ketones is 2. The Labute approximate surface area is 274 Å². The number of aliphatic hydroxyl groups excluding tert-OH is 2. The number of anilines is 1. The fraction of sp³-hybridized carbons (Fsp3) is 0.382. The molecule has 0 aliphatic heterocycles. The number of phenolic OH excluding ortho intramolecular Hbond substituents is 1. The Kier molecular flexibility index (Phi) is 10.1. The summed E-state index contributed by atoms with van der Waals surface area (Å²) in [6.07, 6.45) is 0.220. The van der Waals surface area contributed by atoms with E-state index in [1.54, 1.807) is 20.2 Å². The molecule has 1 saturated carbocycles. The number of nitrogens with zero attached hydrogens (tertiary/aromatic N) is 3. The number of fused-ring (bicyclic) bond motifs is 3. The molecule has 12 nitrogen and oxygen atoms in total. The summed E-state index contributed by atoms with van der Waals surface area (Å²) >= 11 is 0. The summed E-state index contributed by atoms with van der Waals surface area (Å²) in [6, 6.07) is 10.5. The van der Waals surface area contributed by atoms with Crippen molar-refractivity contribution in [2.24, 2.45) is 17.6 Å². The van der Waals surface area contributed by atoms with Crippen LogP contribution in [0.4, 0.5) is 5.69 Å². The molecule has 1 radical (unpaired) electrons. The molecule has 1 amide bonds. The van der Waals surface area contributed by atoms with E-state index in [9.17, 15) is 34.8 Å². The van der Waals surface area contributed by atoms with Gasteiger partial charge in [-0.2, -0.15) is 0 Å². The second-order valence-corrected chi connectivity index (χ2v) is 12.5. The molecule has 47 heavy (non-hydrogen) atoms. The van der Waals surface area contributed by atoms with Crippen LogP contribution in [-0.2, 0) is 32.1 Å². The van der Waals surface area contributed by atoms with E-state index in [0.717, 1.165) is 5.56 Å². The van der Waals surface area contributed by atoms with E-state index in [4.69, 9.17) is 10.4 Å². The van der Waals surface area contributed by atoms with Gasteiger partial charge in [-0.25, -0.2) is 0 Å². The molecule has 3 aliphatic rings. The van der Waals surface area contributed by atoms with Crippen LogP contribution in [-0.4, -0.2) is 109 Å². The molecule has 4 atom stereocenters. The van der Waals surface area contributed by atoms with E-state index in [1.807, 2.05) is 61.3 Å². The minimum absolute atomic E-state index is 0.0134. The van der Waals surface area contributed by atoms with Gasteiger partial charge in [-0.1, -0.05) is 42.2 Å². The average Bonchev–Trinajstić information content (AvgIpc) is 3.01. The Morgan fingerprint density at radius 2 is 1.70 bits per heavy atom. The number of amides is 1. The standard InChI is InChI=1S/C34H38N4O7.BO/c1-36(2)23-16-19(12-9-13-38(5)17-18-10-7-6-8-11-18)28(39)25-21(23)14-20-15-22-27(37(3)4)30(41)26(33(35)44)32(43)34(22,45)31(42)24(20)29(25)40;1-2/h6-8,10-11,16,20,22,27,39-40,43,45H,13-15,17H2,1-5H3,(H2,35,44);/t20-,22-,27-,34-;/m0./s1. The zero-order valence-electron chi connectivity index (χ0n) is 26.9. The van der Waals surface area contributed by atoms with Gasteiger partial charge in [0, 0.05) is 37.8 Å². The number of likely N-dealkylation sites (N-methyl/N-ethyl adjacent to an activating group) is 1. The molecule has 2 aromatic carbocycles. The van der Waals surface area contributed by atoms with Crippen LogP contribution < -0.4 is 10.6 Å². The predicted molar refractivity (Wildman–Crippen MR) is 175 cm³/mol.